The number of nitrogens with one attached hydrogen (secondary N) is 2. The van der Waals surface area contributed by atoms with Gasteiger partial charge in [0.2, 0.25) is 5.91 Å². The van der Waals surface area contributed by atoms with Crippen LogP contribution in [-0.2, 0) is 16.0 Å². The molecule has 148 valence electrons. The molecule has 0 spiro atoms. The maximum Gasteiger partial charge on any atom is 0.228 e. The average molecular weight is 397 g/mol. The number of rotatable bonds is 7. The zero-order valence-electron chi connectivity index (χ0n) is 15.4. The monoisotopic (exact) mass is 396 g/mol. The summed E-state index contributed by atoms with van der Waals surface area (Å²) in [5.41, 5.74) is 1.24. The molecule has 1 saturated heterocycles. The summed E-state index contributed by atoms with van der Waals surface area (Å²) in [6, 6.07) is 8.08. The molecule has 0 aliphatic carbocycles. The van der Waals surface area contributed by atoms with Crippen LogP contribution in [0.25, 0.3) is 5.69 Å². The minimum absolute atomic E-state index is 0. The fourth-order valence-electron chi connectivity index (χ4n) is 3.34. The van der Waals surface area contributed by atoms with Crippen LogP contribution in [0.15, 0.2) is 36.5 Å². The van der Waals surface area contributed by atoms with Crippen molar-refractivity contribution >= 4 is 18.3 Å². The number of piperidine rings is 1. The van der Waals surface area contributed by atoms with Crippen LogP contribution in [-0.4, -0.2) is 49.0 Å². The number of halogens is 2. The minimum atomic E-state index is -0.437. The van der Waals surface area contributed by atoms with Gasteiger partial charge in [-0.15, -0.1) is 12.4 Å². The SMILES string of the molecule is COCC1(C(=O)NCCc2ccn(-c3ccc(F)cc3)n2)CCNCC1.Cl. The molecule has 1 aromatic carbocycles. The number of aromatic nitrogens is 2. The van der Waals surface area contributed by atoms with Gasteiger partial charge in [0, 0.05) is 26.3 Å². The highest BCUT2D eigenvalue weighted by Gasteiger charge is 2.39. The molecule has 0 atom stereocenters. The molecule has 2 N–H and O–H groups in total. The van der Waals surface area contributed by atoms with E-state index in [1.54, 1.807) is 23.9 Å². The second kappa shape index (κ2) is 9.82. The van der Waals surface area contributed by atoms with Crippen LogP contribution < -0.4 is 10.6 Å². The van der Waals surface area contributed by atoms with Crippen LogP contribution >= 0.6 is 12.4 Å². The van der Waals surface area contributed by atoms with E-state index in [-0.39, 0.29) is 24.1 Å². The highest BCUT2D eigenvalue weighted by molar-refractivity contribution is 5.85. The van der Waals surface area contributed by atoms with Crippen molar-refractivity contribution in [2.75, 3.05) is 33.4 Å². The van der Waals surface area contributed by atoms with Gasteiger partial charge in [-0.05, 0) is 56.3 Å². The number of hydrogen-bond donors (Lipinski definition) is 2. The number of benzene rings is 1. The molecule has 6 nitrogen and oxygen atoms in total. The maximum absolute atomic E-state index is 13.0. The lowest BCUT2D eigenvalue weighted by atomic mass is 9.78. The Balaban J connectivity index is 0.00000261. The number of ether oxygens (including phenoxy) is 1. The summed E-state index contributed by atoms with van der Waals surface area (Å²) in [7, 11) is 1.64. The third-order valence-corrected chi connectivity index (χ3v) is 4.87. The first kappa shape index (κ1) is 21.3. The molecule has 3 rings (SSSR count). The van der Waals surface area contributed by atoms with Crippen LogP contribution in [0.3, 0.4) is 0 Å². The molecule has 1 aromatic heterocycles. The van der Waals surface area contributed by atoms with Gasteiger partial charge in [0.15, 0.2) is 0 Å². The Bertz CT molecular complexity index is 724. The molecule has 8 heteroatoms. The Hall–Kier alpha value is -1.96. The van der Waals surface area contributed by atoms with Crippen LogP contribution in [0.5, 0.6) is 0 Å². The van der Waals surface area contributed by atoms with Crippen LogP contribution in [0.1, 0.15) is 18.5 Å². The summed E-state index contributed by atoms with van der Waals surface area (Å²) in [6.07, 6.45) is 4.04. The molecular weight excluding hydrogens is 371 g/mol. The van der Waals surface area contributed by atoms with E-state index in [2.05, 4.69) is 15.7 Å². The molecule has 1 aliphatic heterocycles. The standard InChI is InChI=1S/C19H25FN4O2.ClH/c1-26-14-19(8-11-21-12-9-19)18(25)22-10-6-16-7-13-24(23-16)17-4-2-15(20)3-5-17;/h2-5,7,13,21H,6,8-12,14H2,1H3,(H,22,25);1H. The summed E-state index contributed by atoms with van der Waals surface area (Å²) in [5.74, 6) is -0.217. The van der Waals surface area contributed by atoms with Crippen molar-refractivity contribution in [3.05, 3.63) is 48.0 Å². The zero-order chi connectivity index (χ0) is 18.4. The summed E-state index contributed by atoms with van der Waals surface area (Å²) in [4.78, 5) is 12.7. The molecule has 2 aromatic rings. The van der Waals surface area contributed by atoms with E-state index in [9.17, 15) is 9.18 Å². The fraction of sp³-hybridized carbons (Fsp3) is 0.474. The molecule has 27 heavy (non-hydrogen) atoms. The maximum atomic E-state index is 13.0. The van der Waals surface area contributed by atoms with Gasteiger partial charge >= 0.3 is 0 Å². The van der Waals surface area contributed by atoms with Gasteiger partial charge in [-0.3, -0.25) is 4.79 Å². The van der Waals surface area contributed by atoms with E-state index in [1.807, 2.05) is 12.3 Å². The van der Waals surface area contributed by atoms with Crippen molar-refractivity contribution in [2.24, 2.45) is 5.41 Å². The summed E-state index contributed by atoms with van der Waals surface area (Å²) >= 11 is 0. The largest absolute Gasteiger partial charge is 0.384 e. The first-order chi connectivity index (χ1) is 12.6. The third kappa shape index (κ3) is 5.28. The van der Waals surface area contributed by atoms with Gasteiger partial charge in [0.1, 0.15) is 5.82 Å². The number of amides is 1. The van der Waals surface area contributed by atoms with E-state index in [4.69, 9.17) is 4.74 Å². The first-order valence-electron chi connectivity index (χ1n) is 8.91. The Morgan fingerprint density at radius 2 is 2.00 bits per heavy atom. The average Bonchev–Trinajstić information content (AvgIpc) is 3.12. The summed E-state index contributed by atoms with van der Waals surface area (Å²) < 4.78 is 20.0. The lowest BCUT2D eigenvalue weighted by Gasteiger charge is -2.35. The van der Waals surface area contributed by atoms with Crippen molar-refractivity contribution in [1.82, 2.24) is 20.4 Å². The number of nitrogens with zero attached hydrogens (tertiary/aromatic N) is 2. The molecule has 0 radical (unpaired) electrons. The second-order valence-electron chi connectivity index (χ2n) is 6.70. The summed E-state index contributed by atoms with van der Waals surface area (Å²) in [6.45, 7) is 2.63. The second-order valence-corrected chi connectivity index (χ2v) is 6.70. The number of hydrogen-bond acceptors (Lipinski definition) is 4. The van der Waals surface area contributed by atoms with Gasteiger partial charge in [-0.1, -0.05) is 0 Å². The lowest BCUT2D eigenvalue weighted by Crippen LogP contribution is -2.50. The van der Waals surface area contributed by atoms with Crippen molar-refractivity contribution < 1.29 is 13.9 Å². The van der Waals surface area contributed by atoms with E-state index in [1.165, 1.54) is 12.1 Å². The molecule has 0 unspecified atom stereocenters. The Labute approximate surface area is 164 Å². The van der Waals surface area contributed by atoms with E-state index >= 15 is 0 Å². The molecule has 1 amide bonds. The normalized spacial score (nSPS) is 15.8. The number of carbonyl (C=O) groups excluding carboxylic acids is 1. The van der Waals surface area contributed by atoms with Crippen LogP contribution in [0, 0.1) is 11.2 Å². The number of carbonyl (C=O) groups is 1. The third-order valence-electron chi connectivity index (χ3n) is 4.87. The number of methoxy groups -OCH3 is 1. The van der Waals surface area contributed by atoms with Crippen molar-refractivity contribution in [3.63, 3.8) is 0 Å². The van der Waals surface area contributed by atoms with E-state index < -0.39 is 5.41 Å². The highest BCUT2D eigenvalue weighted by Crippen LogP contribution is 2.29. The van der Waals surface area contributed by atoms with Gasteiger partial charge in [-0.2, -0.15) is 5.10 Å². The smallest absolute Gasteiger partial charge is 0.228 e. The van der Waals surface area contributed by atoms with Gasteiger partial charge < -0.3 is 15.4 Å². The van der Waals surface area contributed by atoms with Crippen molar-refractivity contribution in [2.45, 2.75) is 19.3 Å². The van der Waals surface area contributed by atoms with Crippen LogP contribution in [0.2, 0.25) is 0 Å². The van der Waals surface area contributed by atoms with Crippen LogP contribution in [0.4, 0.5) is 4.39 Å². The van der Waals surface area contributed by atoms with Crippen molar-refractivity contribution in [1.29, 1.82) is 0 Å². The summed E-state index contributed by atoms with van der Waals surface area (Å²) in [5, 5.41) is 10.8. The molecule has 0 saturated carbocycles. The Morgan fingerprint density at radius 3 is 2.67 bits per heavy atom. The minimum Gasteiger partial charge on any atom is -0.384 e. The molecule has 1 fully saturated rings. The first-order valence-corrected chi connectivity index (χ1v) is 8.91. The molecule has 1 aliphatic rings. The Morgan fingerprint density at radius 1 is 1.30 bits per heavy atom. The van der Waals surface area contributed by atoms with E-state index in [0.717, 1.165) is 37.3 Å². The van der Waals surface area contributed by atoms with Gasteiger partial charge in [0.25, 0.3) is 0 Å². The predicted molar refractivity (Wildman–Crippen MR) is 104 cm³/mol. The fourth-order valence-corrected chi connectivity index (χ4v) is 3.34. The van der Waals surface area contributed by atoms with Gasteiger partial charge in [-0.25, -0.2) is 9.07 Å². The molecule has 2 heterocycles. The molecule has 0 bridgehead atoms. The zero-order valence-corrected chi connectivity index (χ0v) is 16.2. The van der Waals surface area contributed by atoms with Gasteiger partial charge in [0.05, 0.1) is 23.4 Å². The van der Waals surface area contributed by atoms with E-state index in [0.29, 0.717) is 19.6 Å². The van der Waals surface area contributed by atoms with Crippen molar-refractivity contribution in [3.8, 4) is 5.69 Å². The topological polar surface area (TPSA) is 68.2 Å². The molecular formula is C19H26ClFN4O2. The quantitative estimate of drug-likeness (QED) is 0.752. The predicted octanol–water partition coefficient (Wildman–Crippen LogP) is 2.11. The Kier molecular flexibility index (Phi) is 7.77. The lowest BCUT2D eigenvalue weighted by molar-refractivity contribution is -0.136. The highest BCUT2D eigenvalue weighted by atomic mass is 35.5.